The molecule has 1 aliphatic carbocycles. The number of thiophene rings is 1. The standard InChI is InChI=1S/C18H25NO5S2/c1-4-23-15(21)10-25-9-14(20)19-17-16(18(22)24-5-2)12-7-6-11(3)8-13(12)26-17/h11H,4-10H2,1-3H3,(H,19,20). The Kier molecular flexibility index (Phi) is 7.96. The maximum Gasteiger partial charge on any atom is 0.341 e. The summed E-state index contributed by atoms with van der Waals surface area (Å²) >= 11 is 2.65. The van der Waals surface area contributed by atoms with E-state index >= 15 is 0 Å². The number of rotatable bonds is 8. The second-order valence-corrected chi connectivity index (χ2v) is 8.21. The molecule has 2 rings (SSSR count). The number of fused-ring (bicyclic) bond motifs is 1. The highest BCUT2D eigenvalue weighted by Gasteiger charge is 2.29. The fraction of sp³-hybridized carbons (Fsp3) is 0.611. The summed E-state index contributed by atoms with van der Waals surface area (Å²) in [5, 5.41) is 3.39. The molecule has 1 aromatic rings. The summed E-state index contributed by atoms with van der Waals surface area (Å²) in [4.78, 5) is 37.1. The Morgan fingerprint density at radius 1 is 1.19 bits per heavy atom. The Morgan fingerprint density at radius 2 is 1.92 bits per heavy atom. The molecule has 0 spiro atoms. The number of ether oxygens (including phenoxy) is 2. The molecule has 1 atom stereocenters. The van der Waals surface area contributed by atoms with Crippen LogP contribution in [0.25, 0.3) is 0 Å². The van der Waals surface area contributed by atoms with Crippen LogP contribution in [0.5, 0.6) is 0 Å². The number of thioether (sulfide) groups is 1. The number of hydrogen-bond acceptors (Lipinski definition) is 7. The van der Waals surface area contributed by atoms with E-state index in [1.165, 1.54) is 23.1 Å². The van der Waals surface area contributed by atoms with Crippen LogP contribution >= 0.6 is 23.1 Å². The lowest BCUT2D eigenvalue weighted by Gasteiger charge is -2.18. The largest absolute Gasteiger partial charge is 0.465 e. The van der Waals surface area contributed by atoms with Crippen LogP contribution in [-0.4, -0.2) is 42.6 Å². The van der Waals surface area contributed by atoms with Gasteiger partial charge >= 0.3 is 11.9 Å². The summed E-state index contributed by atoms with van der Waals surface area (Å²) in [6, 6.07) is 0. The van der Waals surface area contributed by atoms with E-state index < -0.39 is 0 Å². The van der Waals surface area contributed by atoms with E-state index in [1.807, 2.05) is 0 Å². The molecule has 0 saturated heterocycles. The summed E-state index contributed by atoms with van der Waals surface area (Å²) in [5.74, 6) is -0.131. The van der Waals surface area contributed by atoms with Gasteiger partial charge in [0.15, 0.2) is 0 Å². The lowest BCUT2D eigenvalue weighted by molar-refractivity contribution is -0.139. The molecule has 0 radical (unpaired) electrons. The van der Waals surface area contributed by atoms with Gasteiger partial charge in [0.25, 0.3) is 0 Å². The Balaban J connectivity index is 2.06. The van der Waals surface area contributed by atoms with Gasteiger partial charge in [-0.1, -0.05) is 6.92 Å². The lowest BCUT2D eigenvalue weighted by atomic mass is 9.88. The minimum Gasteiger partial charge on any atom is -0.465 e. The van der Waals surface area contributed by atoms with E-state index in [-0.39, 0.29) is 29.4 Å². The SMILES string of the molecule is CCOC(=O)CSCC(=O)Nc1sc2c(c1C(=O)OCC)CCC(C)C2. The average Bonchev–Trinajstić information content (AvgIpc) is 2.92. The van der Waals surface area contributed by atoms with Crippen molar-refractivity contribution in [1.29, 1.82) is 0 Å². The van der Waals surface area contributed by atoms with Crippen molar-refractivity contribution in [2.45, 2.75) is 40.0 Å². The van der Waals surface area contributed by atoms with Gasteiger partial charge in [-0.2, -0.15) is 0 Å². The van der Waals surface area contributed by atoms with Crippen LogP contribution in [0.3, 0.4) is 0 Å². The van der Waals surface area contributed by atoms with Crippen LogP contribution < -0.4 is 5.32 Å². The van der Waals surface area contributed by atoms with Gasteiger partial charge < -0.3 is 14.8 Å². The highest BCUT2D eigenvalue weighted by molar-refractivity contribution is 8.00. The molecule has 0 saturated carbocycles. The van der Waals surface area contributed by atoms with Crippen molar-refractivity contribution in [3.63, 3.8) is 0 Å². The Hall–Kier alpha value is -1.54. The molecule has 0 aromatic carbocycles. The molecular formula is C18H25NO5S2. The molecule has 144 valence electrons. The van der Waals surface area contributed by atoms with Gasteiger partial charge in [0.1, 0.15) is 5.00 Å². The molecule has 1 heterocycles. The smallest absolute Gasteiger partial charge is 0.341 e. The van der Waals surface area contributed by atoms with Crippen molar-refractivity contribution in [3.05, 3.63) is 16.0 Å². The molecule has 8 heteroatoms. The zero-order valence-electron chi connectivity index (χ0n) is 15.4. The van der Waals surface area contributed by atoms with Crippen molar-refractivity contribution in [2.75, 3.05) is 30.0 Å². The van der Waals surface area contributed by atoms with Crippen LogP contribution in [0.15, 0.2) is 0 Å². The number of nitrogens with one attached hydrogen (secondary N) is 1. The highest BCUT2D eigenvalue weighted by Crippen LogP contribution is 2.40. The summed E-state index contributed by atoms with van der Waals surface area (Å²) in [6.07, 6.45) is 2.77. The van der Waals surface area contributed by atoms with Crippen molar-refractivity contribution < 1.29 is 23.9 Å². The van der Waals surface area contributed by atoms with E-state index in [9.17, 15) is 14.4 Å². The van der Waals surface area contributed by atoms with Crippen LogP contribution in [0, 0.1) is 5.92 Å². The van der Waals surface area contributed by atoms with Crippen molar-refractivity contribution in [3.8, 4) is 0 Å². The molecule has 1 aromatic heterocycles. The number of amides is 1. The Morgan fingerprint density at radius 3 is 2.62 bits per heavy atom. The Labute approximate surface area is 162 Å². The van der Waals surface area contributed by atoms with Gasteiger partial charge in [-0.15, -0.1) is 23.1 Å². The molecule has 1 amide bonds. The first kappa shape index (κ1) is 20.8. The molecule has 26 heavy (non-hydrogen) atoms. The molecule has 0 fully saturated rings. The number of esters is 2. The lowest BCUT2D eigenvalue weighted by Crippen LogP contribution is -2.18. The van der Waals surface area contributed by atoms with Gasteiger partial charge in [0.2, 0.25) is 5.91 Å². The quantitative estimate of drug-likeness (QED) is 0.676. The zero-order valence-corrected chi connectivity index (χ0v) is 17.0. The van der Waals surface area contributed by atoms with E-state index in [1.54, 1.807) is 13.8 Å². The van der Waals surface area contributed by atoms with Crippen molar-refractivity contribution in [2.24, 2.45) is 5.92 Å². The zero-order chi connectivity index (χ0) is 19.1. The van der Waals surface area contributed by atoms with Crippen molar-refractivity contribution in [1.82, 2.24) is 0 Å². The number of anilines is 1. The third-order valence-corrected chi connectivity index (χ3v) is 6.08. The summed E-state index contributed by atoms with van der Waals surface area (Å²) in [5.41, 5.74) is 1.52. The first-order valence-electron chi connectivity index (χ1n) is 8.81. The molecule has 1 aliphatic rings. The molecule has 1 unspecified atom stereocenters. The minimum absolute atomic E-state index is 0.125. The third-order valence-electron chi connectivity index (χ3n) is 4.00. The van der Waals surface area contributed by atoms with Gasteiger partial charge in [-0.05, 0) is 44.6 Å². The minimum atomic E-state index is -0.381. The summed E-state index contributed by atoms with van der Waals surface area (Å²) in [6.45, 7) is 6.32. The fourth-order valence-electron chi connectivity index (χ4n) is 2.85. The normalized spacial score (nSPS) is 15.9. The third kappa shape index (κ3) is 5.48. The summed E-state index contributed by atoms with van der Waals surface area (Å²) < 4.78 is 10.0. The van der Waals surface area contributed by atoms with Gasteiger partial charge in [-0.25, -0.2) is 4.79 Å². The van der Waals surface area contributed by atoms with Gasteiger partial charge in [0, 0.05) is 4.88 Å². The molecule has 0 bridgehead atoms. The second kappa shape index (κ2) is 9.97. The van der Waals surface area contributed by atoms with Crippen LogP contribution in [-0.2, 0) is 31.9 Å². The second-order valence-electron chi connectivity index (χ2n) is 6.12. The number of carbonyl (C=O) groups is 3. The highest BCUT2D eigenvalue weighted by atomic mass is 32.2. The van der Waals surface area contributed by atoms with E-state index in [4.69, 9.17) is 9.47 Å². The molecule has 0 aliphatic heterocycles. The number of hydrogen-bond donors (Lipinski definition) is 1. The van der Waals surface area contributed by atoms with Crippen LogP contribution in [0.2, 0.25) is 0 Å². The molecule has 1 N–H and O–H groups in total. The van der Waals surface area contributed by atoms with Gasteiger partial charge in [-0.3, -0.25) is 9.59 Å². The Bertz CT molecular complexity index is 671. The molecular weight excluding hydrogens is 374 g/mol. The van der Waals surface area contributed by atoms with Crippen molar-refractivity contribution >= 4 is 45.9 Å². The predicted molar refractivity (Wildman–Crippen MR) is 104 cm³/mol. The fourth-order valence-corrected chi connectivity index (χ4v) is 4.88. The van der Waals surface area contributed by atoms with E-state index in [0.717, 1.165) is 29.7 Å². The topological polar surface area (TPSA) is 81.7 Å². The van der Waals surface area contributed by atoms with E-state index in [2.05, 4.69) is 12.2 Å². The average molecular weight is 400 g/mol. The van der Waals surface area contributed by atoms with E-state index in [0.29, 0.717) is 29.7 Å². The summed E-state index contributed by atoms with van der Waals surface area (Å²) in [7, 11) is 0. The maximum absolute atomic E-state index is 12.4. The first-order valence-corrected chi connectivity index (χ1v) is 10.8. The van der Waals surface area contributed by atoms with Gasteiger partial charge in [0.05, 0.1) is 30.3 Å². The predicted octanol–water partition coefficient (Wildman–Crippen LogP) is 3.28. The molecule has 6 nitrogen and oxygen atoms in total. The number of carbonyl (C=O) groups excluding carboxylic acids is 3. The first-order chi connectivity index (χ1) is 12.5. The monoisotopic (exact) mass is 399 g/mol. The van der Waals surface area contributed by atoms with Crippen LogP contribution in [0.1, 0.15) is 48.0 Å². The maximum atomic E-state index is 12.4. The van der Waals surface area contributed by atoms with Crippen LogP contribution in [0.4, 0.5) is 5.00 Å².